The molecule has 0 bridgehead atoms. The van der Waals surface area contributed by atoms with Gasteiger partial charge in [0.25, 0.3) is 11.6 Å². The van der Waals surface area contributed by atoms with Gasteiger partial charge in [-0.15, -0.1) is 0 Å². The second kappa shape index (κ2) is 6.46. The normalized spacial score (nSPS) is 25.5. The Balaban J connectivity index is 2.03. The predicted octanol–water partition coefficient (Wildman–Crippen LogP) is 2.96. The first-order valence-electron chi connectivity index (χ1n) is 8.17. The van der Waals surface area contributed by atoms with Crippen LogP contribution in [0.15, 0.2) is 23.3 Å². The van der Waals surface area contributed by atoms with Crippen molar-refractivity contribution >= 4 is 11.6 Å². The van der Waals surface area contributed by atoms with Gasteiger partial charge in [0.2, 0.25) is 0 Å². The van der Waals surface area contributed by atoms with Gasteiger partial charge in [-0.3, -0.25) is 4.79 Å². The number of carbonyl (C=O) groups is 1. The molecule has 0 unspecified atom stereocenters. The summed E-state index contributed by atoms with van der Waals surface area (Å²) in [6, 6.07) is 3.98. The summed E-state index contributed by atoms with van der Waals surface area (Å²) >= 11 is 0. The van der Waals surface area contributed by atoms with Crippen LogP contribution in [0.2, 0.25) is 0 Å². The van der Waals surface area contributed by atoms with Crippen LogP contribution in [0.5, 0.6) is 11.5 Å². The monoisotopic (exact) mass is 372 g/mol. The molecule has 3 rings (SSSR count). The fourth-order valence-electron chi connectivity index (χ4n) is 3.51. The van der Waals surface area contributed by atoms with E-state index >= 15 is 0 Å². The Bertz CT molecular complexity index is 750. The number of benzene rings is 1. The van der Waals surface area contributed by atoms with Crippen LogP contribution in [0.4, 0.5) is 13.2 Å². The van der Waals surface area contributed by atoms with Gasteiger partial charge in [0.05, 0.1) is 20.1 Å². The Morgan fingerprint density at radius 1 is 1.27 bits per heavy atom. The number of hydrazone groups is 1. The number of nitrogens with zero attached hydrogens (tertiary/aromatic N) is 2. The summed E-state index contributed by atoms with van der Waals surface area (Å²) in [5, 5.41) is 14.6. The number of alkyl halides is 3. The van der Waals surface area contributed by atoms with Gasteiger partial charge in [-0.1, -0.05) is 6.42 Å². The number of fused-ring (bicyclic) bond motifs is 1. The van der Waals surface area contributed by atoms with Crippen molar-refractivity contribution in [1.82, 2.24) is 5.01 Å². The quantitative estimate of drug-likeness (QED) is 0.886. The zero-order valence-electron chi connectivity index (χ0n) is 14.3. The first kappa shape index (κ1) is 18.5. The summed E-state index contributed by atoms with van der Waals surface area (Å²) in [6.07, 6.45) is -3.35. The van der Waals surface area contributed by atoms with Gasteiger partial charge in [0, 0.05) is 11.3 Å². The van der Waals surface area contributed by atoms with Crippen LogP contribution in [-0.2, 0) is 0 Å². The molecule has 26 heavy (non-hydrogen) atoms. The van der Waals surface area contributed by atoms with Gasteiger partial charge in [-0.05, 0) is 37.5 Å². The number of hydrogen-bond donors (Lipinski definition) is 1. The molecule has 9 heteroatoms. The smallest absolute Gasteiger partial charge is 0.439 e. The fraction of sp³-hybridized carbons (Fsp3) is 0.529. The highest BCUT2D eigenvalue weighted by molar-refractivity contribution is 5.99. The number of ether oxygens (including phenoxy) is 2. The van der Waals surface area contributed by atoms with Crippen molar-refractivity contribution in [2.24, 2.45) is 11.0 Å². The molecule has 2 aliphatic rings. The van der Waals surface area contributed by atoms with E-state index in [-0.39, 0.29) is 28.5 Å². The van der Waals surface area contributed by atoms with Gasteiger partial charge in [-0.25, -0.2) is 0 Å². The first-order chi connectivity index (χ1) is 12.2. The van der Waals surface area contributed by atoms with E-state index in [1.165, 1.54) is 32.4 Å². The first-order valence-corrected chi connectivity index (χ1v) is 8.17. The highest BCUT2D eigenvalue weighted by Gasteiger charge is 2.68. The van der Waals surface area contributed by atoms with E-state index in [4.69, 9.17) is 9.47 Å². The number of carbonyl (C=O) groups excluding carboxylic acids is 1. The third kappa shape index (κ3) is 2.70. The maximum absolute atomic E-state index is 13.7. The van der Waals surface area contributed by atoms with Gasteiger partial charge >= 0.3 is 6.18 Å². The van der Waals surface area contributed by atoms with Crippen LogP contribution in [0.25, 0.3) is 0 Å². The maximum atomic E-state index is 13.7. The number of halogens is 3. The summed E-state index contributed by atoms with van der Waals surface area (Å²) in [5.74, 6) is -1.76. The molecule has 1 saturated carbocycles. The minimum absolute atomic E-state index is 0.0895. The zero-order chi connectivity index (χ0) is 19.1. The molecule has 1 aliphatic heterocycles. The third-order valence-corrected chi connectivity index (χ3v) is 4.86. The minimum atomic E-state index is -5.04. The second-order valence-corrected chi connectivity index (χ2v) is 6.30. The Morgan fingerprint density at radius 3 is 2.58 bits per heavy atom. The Labute approximate surface area is 148 Å². The summed E-state index contributed by atoms with van der Waals surface area (Å²) in [7, 11) is 2.75. The lowest BCUT2D eigenvalue weighted by Crippen LogP contribution is -2.61. The largest absolute Gasteiger partial charge is 0.493 e. The molecular formula is C17H19F3N2O4. The van der Waals surface area contributed by atoms with Crippen molar-refractivity contribution in [3.05, 3.63) is 23.8 Å². The minimum Gasteiger partial charge on any atom is -0.493 e. The van der Waals surface area contributed by atoms with Crippen molar-refractivity contribution in [2.75, 3.05) is 14.2 Å². The number of rotatable bonds is 3. The molecule has 0 aromatic heterocycles. The van der Waals surface area contributed by atoms with Crippen LogP contribution in [0.1, 0.15) is 36.0 Å². The third-order valence-electron chi connectivity index (χ3n) is 4.86. The van der Waals surface area contributed by atoms with E-state index in [2.05, 4.69) is 5.10 Å². The van der Waals surface area contributed by atoms with E-state index in [1.54, 1.807) is 0 Å². The predicted molar refractivity (Wildman–Crippen MR) is 86.1 cm³/mol. The molecule has 1 N–H and O–H groups in total. The maximum Gasteiger partial charge on any atom is 0.439 e. The lowest BCUT2D eigenvalue weighted by Gasteiger charge is -2.38. The van der Waals surface area contributed by atoms with E-state index < -0.39 is 23.7 Å². The molecule has 1 aromatic carbocycles. The molecule has 1 heterocycles. The van der Waals surface area contributed by atoms with Crippen LogP contribution >= 0.6 is 0 Å². The number of hydrogen-bond acceptors (Lipinski definition) is 5. The topological polar surface area (TPSA) is 71.4 Å². The highest BCUT2D eigenvalue weighted by atomic mass is 19.4. The number of aliphatic hydroxyl groups is 1. The average molecular weight is 372 g/mol. The van der Waals surface area contributed by atoms with Gasteiger partial charge in [-0.2, -0.15) is 23.3 Å². The van der Waals surface area contributed by atoms with Crippen molar-refractivity contribution in [2.45, 2.75) is 37.6 Å². The number of methoxy groups -OCH3 is 2. The molecule has 1 amide bonds. The zero-order valence-corrected chi connectivity index (χ0v) is 14.3. The molecule has 142 valence electrons. The Morgan fingerprint density at radius 2 is 1.96 bits per heavy atom. The van der Waals surface area contributed by atoms with Crippen LogP contribution in [-0.4, -0.2) is 47.9 Å². The summed E-state index contributed by atoms with van der Waals surface area (Å²) < 4.78 is 51.4. The highest BCUT2D eigenvalue weighted by Crippen LogP contribution is 2.48. The van der Waals surface area contributed by atoms with Gasteiger partial charge < -0.3 is 14.6 Å². The van der Waals surface area contributed by atoms with Crippen molar-refractivity contribution < 1.29 is 32.5 Å². The molecule has 0 spiro atoms. The molecule has 1 fully saturated rings. The van der Waals surface area contributed by atoms with E-state index in [9.17, 15) is 23.1 Å². The average Bonchev–Trinajstić information content (AvgIpc) is 2.94. The lowest BCUT2D eigenvalue weighted by molar-refractivity contribution is -0.312. The summed E-state index contributed by atoms with van der Waals surface area (Å²) in [4.78, 5) is 12.8. The lowest BCUT2D eigenvalue weighted by atomic mass is 9.80. The van der Waals surface area contributed by atoms with Crippen molar-refractivity contribution in [3.63, 3.8) is 0 Å². The van der Waals surface area contributed by atoms with Gasteiger partial charge in [0.1, 0.15) is 0 Å². The fourth-order valence-corrected chi connectivity index (χ4v) is 3.51. The molecule has 2 atom stereocenters. The SMILES string of the molecule is COc1ccc(C(=O)N2N=C3CCCC[C@@H]3[C@]2(O)C(F)(F)F)cc1OC. The molecule has 1 aliphatic carbocycles. The van der Waals surface area contributed by atoms with E-state index in [0.29, 0.717) is 25.0 Å². The Kier molecular flexibility index (Phi) is 4.60. The van der Waals surface area contributed by atoms with E-state index in [1.807, 2.05) is 0 Å². The van der Waals surface area contributed by atoms with Crippen LogP contribution in [0.3, 0.4) is 0 Å². The molecule has 0 radical (unpaired) electrons. The molecule has 1 aromatic rings. The summed E-state index contributed by atoms with van der Waals surface area (Å²) in [5.41, 5.74) is -3.22. The van der Waals surface area contributed by atoms with E-state index in [0.717, 1.165) is 0 Å². The Hall–Kier alpha value is -2.29. The standard InChI is InChI=1S/C17H19F3N2O4/c1-25-13-8-7-10(9-14(13)26-2)15(23)22-16(24,17(18,19)20)11-5-3-4-6-12(11)21-22/h7-9,11,24H,3-6H2,1-2H3/t11-,16-/m0/s1. The van der Waals surface area contributed by atoms with Gasteiger partial charge in [0.15, 0.2) is 11.5 Å². The second-order valence-electron chi connectivity index (χ2n) is 6.30. The van der Waals surface area contributed by atoms with Crippen LogP contribution in [0, 0.1) is 5.92 Å². The number of amides is 1. The molecule has 0 saturated heterocycles. The van der Waals surface area contributed by atoms with Crippen molar-refractivity contribution in [3.8, 4) is 11.5 Å². The van der Waals surface area contributed by atoms with Crippen LogP contribution < -0.4 is 9.47 Å². The molecular weight excluding hydrogens is 353 g/mol. The molecule has 6 nitrogen and oxygen atoms in total. The van der Waals surface area contributed by atoms with Crippen molar-refractivity contribution in [1.29, 1.82) is 0 Å². The summed E-state index contributed by atoms with van der Waals surface area (Å²) in [6.45, 7) is 0.